The summed E-state index contributed by atoms with van der Waals surface area (Å²) >= 11 is 0. The fourth-order valence-electron chi connectivity index (χ4n) is 11.7. The van der Waals surface area contributed by atoms with E-state index < -0.39 is 24.3 Å². The molecule has 14 nitrogen and oxygen atoms in total. The van der Waals surface area contributed by atoms with Crippen LogP contribution in [0.2, 0.25) is 0 Å². The Labute approximate surface area is 405 Å². The number of carbonyl (C=O) groups excluding carboxylic acids is 4. The van der Waals surface area contributed by atoms with Gasteiger partial charge in [-0.3, -0.25) is 9.59 Å². The van der Waals surface area contributed by atoms with Crippen LogP contribution >= 0.6 is 0 Å². The van der Waals surface area contributed by atoms with E-state index in [9.17, 15) is 19.2 Å². The molecule has 5 aromatic rings. The molecule has 2 saturated heterocycles. The molecule has 4 amide bonds. The first-order chi connectivity index (χ1) is 33.1. The zero-order valence-corrected chi connectivity index (χ0v) is 41.4. The molecule has 4 heterocycles. The lowest BCUT2D eigenvalue weighted by molar-refractivity contribution is -0.136. The molecular formula is C55H68N8O6. The molecule has 3 aromatic carbocycles. The number of benzene rings is 3. The van der Waals surface area contributed by atoms with Crippen molar-refractivity contribution in [2.24, 2.45) is 29.1 Å². The minimum atomic E-state index is -0.697. The zero-order chi connectivity index (χ0) is 48.7. The second-order valence-corrected chi connectivity index (χ2v) is 21.1. The first kappa shape index (κ1) is 47.6. The molecule has 2 aliphatic heterocycles. The molecule has 14 heteroatoms. The van der Waals surface area contributed by atoms with Gasteiger partial charge in [0.05, 0.1) is 50.1 Å². The summed E-state index contributed by atoms with van der Waals surface area (Å²) in [4.78, 5) is 72.4. The van der Waals surface area contributed by atoms with Crippen LogP contribution in [-0.4, -0.2) is 93.1 Å². The number of methoxy groups -OCH3 is 2. The van der Waals surface area contributed by atoms with Crippen molar-refractivity contribution in [1.29, 1.82) is 0 Å². The van der Waals surface area contributed by atoms with E-state index in [0.29, 0.717) is 18.5 Å². The van der Waals surface area contributed by atoms with E-state index in [1.54, 1.807) is 0 Å². The number of amides is 4. The van der Waals surface area contributed by atoms with Gasteiger partial charge in [0, 0.05) is 13.1 Å². The Morgan fingerprint density at radius 2 is 0.986 bits per heavy atom. The number of fused-ring (bicyclic) bond motifs is 1. The molecule has 2 aliphatic carbocycles. The van der Waals surface area contributed by atoms with E-state index in [-0.39, 0.29) is 47.6 Å². The van der Waals surface area contributed by atoms with Crippen LogP contribution in [-0.2, 0) is 31.9 Å². The second-order valence-electron chi connectivity index (χ2n) is 21.1. The van der Waals surface area contributed by atoms with Gasteiger partial charge in [-0.2, -0.15) is 0 Å². The second kappa shape index (κ2) is 19.5. The van der Waals surface area contributed by atoms with E-state index in [1.807, 2.05) is 49.9 Å². The van der Waals surface area contributed by atoms with Crippen molar-refractivity contribution in [1.82, 2.24) is 40.4 Å². The Hall–Kier alpha value is -6.44. The lowest BCUT2D eigenvalue weighted by Crippen LogP contribution is -2.51. The summed E-state index contributed by atoms with van der Waals surface area (Å²) in [5.74, 6) is 1.58. The number of aromatic amines is 2. The van der Waals surface area contributed by atoms with Crippen molar-refractivity contribution in [3.63, 3.8) is 0 Å². The monoisotopic (exact) mass is 937 g/mol. The Morgan fingerprint density at radius 3 is 1.35 bits per heavy atom. The molecule has 364 valence electrons. The summed E-state index contributed by atoms with van der Waals surface area (Å²) in [5.41, 5.74) is 12.0. The number of nitrogens with one attached hydrogen (secondary N) is 4. The number of H-pyrrole nitrogens is 2. The molecule has 4 aliphatic rings. The smallest absolute Gasteiger partial charge is 0.407 e. The van der Waals surface area contributed by atoms with Crippen molar-refractivity contribution in [2.75, 3.05) is 27.3 Å². The average Bonchev–Trinajstić information content (AvgIpc) is 4.22. The van der Waals surface area contributed by atoms with Gasteiger partial charge < -0.3 is 39.9 Å². The normalized spacial score (nSPS) is 21.5. The van der Waals surface area contributed by atoms with Crippen LogP contribution in [0, 0.1) is 29.1 Å². The molecule has 6 atom stereocenters. The topological polar surface area (TPSA) is 175 Å². The highest BCUT2D eigenvalue weighted by atomic mass is 16.5. The summed E-state index contributed by atoms with van der Waals surface area (Å²) in [6, 6.07) is 20.3. The van der Waals surface area contributed by atoms with E-state index >= 15 is 0 Å². The van der Waals surface area contributed by atoms with E-state index in [1.165, 1.54) is 73.3 Å². The Kier molecular flexibility index (Phi) is 13.5. The Morgan fingerprint density at radius 1 is 0.609 bits per heavy atom. The summed E-state index contributed by atoms with van der Waals surface area (Å²) in [6.45, 7) is 13.2. The quantitative estimate of drug-likeness (QED) is 0.0956. The molecule has 0 bridgehead atoms. The van der Waals surface area contributed by atoms with Gasteiger partial charge >= 0.3 is 12.2 Å². The number of imidazole rings is 2. The first-order valence-electron chi connectivity index (χ1n) is 24.9. The predicted octanol–water partition coefficient (Wildman–Crippen LogP) is 10.0. The van der Waals surface area contributed by atoms with Gasteiger partial charge in [0.25, 0.3) is 0 Å². The number of nitrogens with zero attached hydrogens (tertiary/aromatic N) is 4. The van der Waals surface area contributed by atoms with Crippen molar-refractivity contribution in [2.45, 2.75) is 117 Å². The largest absolute Gasteiger partial charge is 0.453 e. The van der Waals surface area contributed by atoms with Gasteiger partial charge in [-0.15, -0.1) is 0 Å². The summed E-state index contributed by atoms with van der Waals surface area (Å²) in [6.07, 6.45) is 11.3. The highest BCUT2D eigenvalue weighted by Gasteiger charge is 2.43. The van der Waals surface area contributed by atoms with Crippen LogP contribution in [0.4, 0.5) is 9.59 Å². The van der Waals surface area contributed by atoms with Gasteiger partial charge in [0.15, 0.2) is 0 Å². The van der Waals surface area contributed by atoms with Gasteiger partial charge in [-0.1, -0.05) is 115 Å². The van der Waals surface area contributed by atoms with Crippen molar-refractivity contribution >= 4 is 24.0 Å². The van der Waals surface area contributed by atoms with Crippen LogP contribution in [0.3, 0.4) is 0 Å². The van der Waals surface area contributed by atoms with Crippen LogP contribution in [0.5, 0.6) is 0 Å². The standard InChI is InChI=1S/C55H68N8O6/c1-31(2)47(60-53(66)68-7)51(64)62-29-33(5)23-45(62)49-56-27-43(58-49)37-15-11-35(12-16-37)39-19-20-40(42-26-55(25-41(39)42)21-9-10-22-55)36-13-17-38(18-14-36)44-28-57-50(59-44)46-24-34(6)30-63(46)52(65)48(32(3)4)61-54(67)69-8/h11-20,27-28,31-34,45-48H,9-10,21-26,29-30H2,1-8H3,(H,56,58)(H,57,59)(H,60,66)(H,61,67)/t33-,34-,45+,46?,47+,48+/m1/s1. The molecule has 69 heavy (non-hydrogen) atoms. The highest BCUT2D eigenvalue weighted by Crippen LogP contribution is 2.53. The maximum Gasteiger partial charge on any atom is 0.407 e. The molecule has 1 spiro atoms. The van der Waals surface area contributed by atoms with Crippen LogP contribution in [0.15, 0.2) is 73.1 Å². The molecule has 0 radical (unpaired) electrons. The van der Waals surface area contributed by atoms with Crippen LogP contribution in [0.1, 0.15) is 115 Å². The van der Waals surface area contributed by atoms with Gasteiger partial charge in [-0.25, -0.2) is 19.6 Å². The lowest BCUT2D eigenvalue weighted by atomic mass is 9.82. The summed E-state index contributed by atoms with van der Waals surface area (Å²) in [5, 5.41) is 5.49. The number of hydrogen-bond donors (Lipinski definition) is 4. The predicted molar refractivity (Wildman–Crippen MR) is 266 cm³/mol. The van der Waals surface area contributed by atoms with Crippen LogP contribution in [0.25, 0.3) is 44.8 Å². The van der Waals surface area contributed by atoms with E-state index in [4.69, 9.17) is 19.4 Å². The molecule has 1 saturated carbocycles. The number of rotatable bonds is 12. The third kappa shape index (κ3) is 9.51. The SMILES string of the molecule is COC(=O)N[C@H](C(=O)N1C[C@H](C)CC1c1ncc(-c2ccc(-c3ccc(-c4ccc(-c5cnc([C@@H]6C[C@@H](C)CN6C(=O)[C@@H](NC(=O)OC)C(C)C)[nH]5)cc4)c4c3CC3(CCCC3)C4)cc2)[nH]1)C(C)C. The van der Waals surface area contributed by atoms with Gasteiger partial charge in [-0.05, 0) is 112 Å². The minimum Gasteiger partial charge on any atom is -0.453 e. The van der Waals surface area contributed by atoms with E-state index in [2.05, 4.69) is 95.1 Å². The number of hydrogen-bond acceptors (Lipinski definition) is 8. The number of alkyl carbamates (subject to hydrolysis) is 2. The number of carbonyl (C=O) groups is 4. The Balaban J connectivity index is 0.935. The van der Waals surface area contributed by atoms with Crippen molar-refractivity contribution in [3.8, 4) is 44.8 Å². The Bertz CT molecular complexity index is 2500. The van der Waals surface area contributed by atoms with Crippen LogP contribution < -0.4 is 10.6 Å². The molecule has 2 aromatic heterocycles. The maximum atomic E-state index is 13.9. The summed E-state index contributed by atoms with van der Waals surface area (Å²) < 4.78 is 9.66. The molecular weight excluding hydrogens is 869 g/mol. The average molecular weight is 937 g/mol. The fraction of sp³-hybridized carbons (Fsp3) is 0.491. The fourth-order valence-corrected chi connectivity index (χ4v) is 11.7. The summed E-state index contributed by atoms with van der Waals surface area (Å²) in [7, 11) is 2.61. The van der Waals surface area contributed by atoms with Crippen molar-refractivity contribution < 1.29 is 28.7 Å². The number of likely N-dealkylation sites (tertiary alicyclic amines) is 2. The third-order valence-corrected chi connectivity index (χ3v) is 15.4. The van der Waals surface area contributed by atoms with Gasteiger partial charge in [0.1, 0.15) is 23.7 Å². The van der Waals surface area contributed by atoms with Crippen molar-refractivity contribution in [3.05, 3.63) is 95.8 Å². The number of ether oxygens (including phenoxy) is 2. The highest BCUT2D eigenvalue weighted by molar-refractivity contribution is 5.87. The molecule has 3 fully saturated rings. The minimum absolute atomic E-state index is 0.111. The first-order valence-corrected chi connectivity index (χ1v) is 24.9. The van der Waals surface area contributed by atoms with E-state index in [0.717, 1.165) is 59.8 Å². The lowest BCUT2D eigenvalue weighted by Gasteiger charge is -2.30. The third-order valence-electron chi connectivity index (χ3n) is 15.4. The number of aromatic nitrogens is 4. The molecule has 4 N–H and O–H groups in total. The molecule has 9 rings (SSSR count). The van der Waals surface area contributed by atoms with Gasteiger partial charge in [0.2, 0.25) is 11.8 Å². The zero-order valence-electron chi connectivity index (χ0n) is 41.4. The maximum absolute atomic E-state index is 13.9. The molecule has 1 unspecified atom stereocenters.